The van der Waals surface area contributed by atoms with Gasteiger partial charge in [-0.2, -0.15) is 0 Å². The van der Waals surface area contributed by atoms with Gasteiger partial charge in [0, 0.05) is 29.8 Å². The van der Waals surface area contributed by atoms with E-state index in [1.165, 1.54) is 16.1 Å². The molecule has 17 heavy (non-hydrogen) atoms. The predicted octanol–water partition coefficient (Wildman–Crippen LogP) is 3.32. The van der Waals surface area contributed by atoms with E-state index in [2.05, 4.69) is 42.5 Å². The van der Waals surface area contributed by atoms with Gasteiger partial charge in [0.1, 0.15) is 0 Å². The van der Waals surface area contributed by atoms with Gasteiger partial charge < -0.3 is 10.6 Å². The van der Waals surface area contributed by atoms with Crippen LogP contribution in [0.25, 0.3) is 0 Å². The average Bonchev–Trinajstić information content (AvgIpc) is 2.73. The van der Waals surface area contributed by atoms with Crippen molar-refractivity contribution >= 4 is 22.7 Å². The van der Waals surface area contributed by atoms with E-state index in [1.54, 1.807) is 0 Å². The summed E-state index contributed by atoms with van der Waals surface area (Å²) in [6.45, 7) is 3.21. The molecule has 0 saturated heterocycles. The molecule has 0 unspecified atom stereocenters. The summed E-state index contributed by atoms with van der Waals surface area (Å²) in [6, 6.07) is 10.2. The molecule has 1 heterocycles. The maximum Gasteiger partial charge on any atom is 0.0365 e. The molecule has 3 heteroatoms. The second-order valence-corrected chi connectivity index (χ2v) is 5.29. The molecule has 1 aromatic heterocycles. The lowest BCUT2D eigenvalue weighted by Crippen LogP contribution is -2.20. The third-order valence-electron chi connectivity index (χ3n) is 2.98. The third kappa shape index (κ3) is 3.01. The number of likely N-dealkylation sites (N-methyl/N-ethyl adjacent to an activating group) is 1. The number of benzene rings is 1. The minimum absolute atomic E-state index is 0.816. The van der Waals surface area contributed by atoms with Crippen LogP contribution in [0.5, 0.6) is 0 Å². The first-order valence-corrected chi connectivity index (χ1v) is 6.64. The minimum Gasteiger partial charge on any atom is -0.399 e. The predicted molar refractivity (Wildman–Crippen MR) is 76.9 cm³/mol. The first-order valence-electron chi connectivity index (χ1n) is 5.76. The molecule has 1 aromatic carbocycles. The largest absolute Gasteiger partial charge is 0.399 e. The van der Waals surface area contributed by atoms with Crippen LogP contribution in [-0.2, 0) is 6.42 Å². The number of rotatable bonds is 4. The second-order valence-electron chi connectivity index (χ2n) is 4.29. The van der Waals surface area contributed by atoms with Crippen LogP contribution < -0.4 is 10.6 Å². The molecule has 90 valence electrons. The summed E-state index contributed by atoms with van der Waals surface area (Å²) in [6.07, 6.45) is 1.10. The van der Waals surface area contributed by atoms with Gasteiger partial charge in [-0.15, -0.1) is 11.3 Å². The van der Waals surface area contributed by atoms with Crippen molar-refractivity contribution < 1.29 is 0 Å². The number of hydrogen-bond acceptors (Lipinski definition) is 3. The quantitative estimate of drug-likeness (QED) is 0.839. The topological polar surface area (TPSA) is 29.3 Å². The third-order valence-corrected chi connectivity index (χ3v) is 4.06. The van der Waals surface area contributed by atoms with Crippen LogP contribution in [0.4, 0.5) is 11.4 Å². The molecule has 0 atom stereocenters. The Hall–Kier alpha value is -1.48. The van der Waals surface area contributed by atoms with Gasteiger partial charge in [-0.25, -0.2) is 0 Å². The molecular formula is C14H18N2S. The maximum atomic E-state index is 5.68. The number of anilines is 2. The van der Waals surface area contributed by atoms with Crippen LogP contribution in [0.15, 0.2) is 35.7 Å². The van der Waals surface area contributed by atoms with Gasteiger partial charge in [0.2, 0.25) is 0 Å². The Balaban J connectivity index is 1.95. The van der Waals surface area contributed by atoms with Gasteiger partial charge in [0.25, 0.3) is 0 Å². The lowest BCUT2D eigenvalue weighted by molar-refractivity contribution is 0.884. The number of hydrogen-bond donors (Lipinski definition) is 1. The molecule has 0 radical (unpaired) electrons. The van der Waals surface area contributed by atoms with Gasteiger partial charge in [-0.05, 0) is 54.6 Å². The molecule has 0 saturated carbocycles. The molecule has 2 nitrogen and oxygen atoms in total. The first-order chi connectivity index (χ1) is 8.16. The van der Waals surface area contributed by atoms with E-state index in [1.807, 2.05) is 23.5 Å². The number of thiophene rings is 1. The first kappa shape index (κ1) is 12.0. The van der Waals surface area contributed by atoms with E-state index >= 15 is 0 Å². The summed E-state index contributed by atoms with van der Waals surface area (Å²) in [4.78, 5) is 3.74. The lowest BCUT2D eigenvalue weighted by Gasteiger charge is -2.19. The van der Waals surface area contributed by atoms with Crippen LogP contribution in [0.3, 0.4) is 0 Å². The molecule has 2 aromatic rings. The Bertz CT molecular complexity index is 473. The molecular weight excluding hydrogens is 228 g/mol. The van der Waals surface area contributed by atoms with Gasteiger partial charge in [0.05, 0.1) is 0 Å². The summed E-state index contributed by atoms with van der Waals surface area (Å²) in [7, 11) is 2.12. The van der Waals surface area contributed by atoms with Crippen molar-refractivity contribution in [2.45, 2.75) is 13.3 Å². The maximum absolute atomic E-state index is 5.68. The van der Waals surface area contributed by atoms with Crippen molar-refractivity contribution in [3.05, 3.63) is 46.2 Å². The Morgan fingerprint density at radius 2 is 1.88 bits per heavy atom. The normalized spacial score (nSPS) is 10.5. The van der Waals surface area contributed by atoms with Gasteiger partial charge in [-0.1, -0.05) is 0 Å². The highest BCUT2D eigenvalue weighted by molar-refractivity contribution is 7.10. The summed E-state index contributed by atoms with van der Waals surface area (Å²) >= 11 is 1.84. The zero-order chi connectivity index (χ0) is 12.3. The van der Waals surface area contributed by atoms with Crippen molar-refractivity contribution in [3.63, 3.8) is 0 Å². The molecule has 0 fully saturated rings. The minimum atomic E-state index is 0.816. The molecule has 0 spiro atoms. The van der Waals surface area contributed by atoms with Gasteiger partial charge in [0.15, 0.2) is 0 Å². The summed E-state index contributed by atoms with van der Waals surface area (Å²) in [5.74, 6) is 0. The van der Waals surface area contributed by atoms with Crippen LogP contribution in [0.1, 0.15) is 10.4 Å². The fourth-order valence-corrected chi connectivity index (χ4v) is 2.69. The lowest BCUT2D eigenvalue weighted by atomic mass is 10.2. The molecule has 2 rings (SSSR count). The summed E-state index contributed by atoms with van der Waals surface area (Å²) in [5, 5.41) is 2.16. The SMILES string of the molecule is Cc1ccsc1CCN(C)c1ccc(N)cc1. The van der Waals surface area contributed by atoms with E-state index in [0.717, 1.165) is 18.7 Å². The highest BCUT2D eigenvalue weighted by Crippen LogP contribution is 2.19. The Kier molecular flexibility index (Phi) is 3.69. The molecule has 0 aliphatic heterocycles. The fraction of sp³-hybridized carbons (Fsp3) is 0.286. The zero-order valence-corrected chi connectivity index (χ0v) is 11.1. The van der Waals surface area contributed by atoms with E-state index < -0.39 is 0 Å². The van der Waals surface area contributed by atoms with Crippen molar-refractivity contribution in [2.75, 3.05) is 24.2 Å². The van der Waals surface area contributed by atoms with E-state index in [0.29, 0.717) is 0 Å². The van der Waals surface area contributed by atoms with Crippen LogP contribution in [0.2, 0.25) is 0 Å². The van der Waals surface area contributed by atoms with E-state index in [4.69, 9.17) is 5.73 Å². The van der Waals surface area contributed by atoms with E-state index in [9.17, 15) is 0 Å². The Morgan fingerprint density at radius 1 is 1.18 bits per heavy atom. The number of nitrogens with two attached hydrogens (primary N) is 1. The van der Waals surface area contributed by atoms with Gasteiger partial charge >= 0.3 is 0 Å². The Morgan fingerprint density at radius 3 is 2.47 bits per heavy atom. The van der Waals surface area contributed by atoms with Gasteiger partial charge in [-0.3, -0.25) is 0 Å². The van der Waals surface area contributed by atoms with Crippen molar-refractivity contribution in [2.24, 2.45) is 0 Å². The Labute approximate surface area is 107 Å². The highest BCUT2D eigenvalue weighted by Gasteiger charge is 2.03. The monoisotopic (exact) mass is 246 g/mol. The van der Waals surface area contributed by atoms with Crippen molar-refractivity contribution in [3.8, 4) is 0 Å². The molecule has 0 aliphatic carbocycles. The van der Waals surface area contributed by atoms with E-state index in [-0.39, 0.29) is 0 Å². The van der Waals surface area contributed by atoms with Crippen molar-refractivity contribution in [1.29, 1.82) is 0 Å². The van der Waals surface area contributed by atoms with Crippen LogP contribution in [-0.4, -0.2) is 13.6 Å². The molecule has 0 amide bonds. The second kappa shape index (κ2) is 5.23. The smallest absolute Gasteiger partial charge is 0.0365 e. The average molecular weight is 246 g/mol. The summed E-state index contributed by atoms with van der Waals surface area (Å²) < 4.78 is 0. The fourth-order valence-electron chi connectivity index (χ4n) is 1.79. The van der Waals surface area contributed by atoms with Crippen LogP contribution in [0, 0.1) is 6.92 Å². The van der Waals surface area contributed by atoms with Crippen LogP contribution >= 0.6 is 11.3 Å². The molecule has 0 aliphatic rings. The molecule has 0 bridgehead atoms. The van der Waals surface area contributed by atoms with Crippen molar-refractivity contribution in [1.82, 2.24) is 0 Å². The number of nitrogen functional groups attached to an aromatic ring is 1. The zero-order valence-electron chi connectivity index (χ0n) is 10.3. The number of nitrogens with zero attached hydrogens (tertiary/aromatic N) is 1. The summed E-state index contributed by atoms with van der Waals surface area (Å²) in [5.41, 5.74) is 9.12. The highest BCUT2D eigenvalue weighted by atomic mass is 32.1. The number of aryl methyl sites for hydroxylation is 1. The molecule has 2 N–H and O–H groups in total. The standard InChI is InChI=1S/C14H18N2S/c1-11-8-10-17-14(11)7-9-16(2)13-5-3-12(15)4-6-13/h3-6,8,10H,7,9,15H2,1-2H3.